The van der Waals surface area contributed by atoms with Crippen LogP contribution in [0.2, 0.25) is 5.02 Å². The molecule has 3 aromatic rings. The summed E-state index contributed by atoms with van der Waals surface area (Å²) < 4.78 is 21.9. The van der Waals surface area contributed by atoms with Gasteiger partial charge in [0.05, 0.1) is 44.1 Å². The number of hydrogen-bond acceptors (Lipinski definition) is 7. The maximum Gasteiger partial charge on any atom is 0.344 e. The molecule has 35 heavy (non-hydrogen) atoms. The molecule has 0 fully saturated rings. The number of aromatic amines is 1. The lowest BCUT2D eigenvalue weighted by molar-refractivity contribution is -0.134. The molecule has 184 valence electrons. The molecular weight excluding hydrogens is 474 g/mol. The molecule has 0 saturated carbocycles. The van der Waals surface area contributed by atoms with Crippen molar-refractivity contribution in [3.05, 3.63) is 74.7 Å². The van der Waals surface area contributed by atoms with E-state index < -0.39 is 22.8 Å². The second-order valence-electron chi connectivity index (χ2n) is 7.41. The maximum absolute atomic E-state index is 12.9. The van der Waals surface area contributed by atoms with Gasteiger partial charge in [-0.3, -0.25) is 10.2 Å². The molecule has 0 atom stereocenters. The number of benzene rings is 2. The van der Waals surface area contributed by atoms with E-state index in [1.807, 2.05) is 0 Å². The summed E-state index contributed by atoms with van der Waals surface area (Å²) >= 11 is 5.90. The van der Waals surface area contributed by atoms with Gasteiger partial charge in [-0.15, -0.1) is 0 Å². The first kappa shape index (κ1) is 25.8. The zero-order valence-electron chi connectivity index (χ0n) is 19.6. The first-order valence-electron chi connectivity index (χ1n) is 10.7. The van der Waals surface area contributed by atoms with E-state index in [1.54, 1.807) is 49.4 Å². The number of methoxy groups -OCH3 is 2. The number of aromatic nitrogens is 1. The SMILES string of the molecule is CCOCc1[nH]c(=O)c(C(=N)OC(=[NH2+])Cc2ccc(Cl)cc2)c(O)c1-c1c(OC)cccc1OC. The molecule has 0 aliphatic heterocycles. The third-order valence-electron chi connectivity index (χ3n) is 5.15. The highest BCUT2D eigenvalue weighted by molar-refractivity contribution is 6.30. The Hall–Kier alpha value is -3.82. The van der Waals surface area contributed by atoms with Crippen LogP contribution >= 0.6 is 11.6 Å². The molecule has 0 bridgehead atoms. The van der Waals surface area contributed by atoms with E-state index in [9.17, 15) is 9.90 Å². The Morgan fingerprint density at radius 1 is 1.09 bits per heavy atom. The summed E-state index contributed by atoms with van der Waals surface area (Å²) in [5.41, 5.74) is 0.516. The second-order valence-corrected chi connectivity index (χ2v) is 7.84. The fourth-order valence-corrected chi connectivity index (χ4v) is 3.68. The van der Waals surface area contributed by atoms with E-state index in [0.29, 0.717) is 28.7 Å². The van der Waals surface area contributed by atoms with Gasteiger partial charge in [0.15, 0.2) is 0 Å². The number of nitrogens with one attached hydrogen (secondary N) is 2. The molecule has 0 amide bonds. The van der Waals surface area contributed by atoms with Crippen molar-refractivity contribution in [2.45, 2.75) is 20.0 Å². The van der Waals surface area contributed by atoms with Crippen molar-refractivity contribution in [3.63, 3.8) is 0 Å². The first-order chi connectivity index (χ1) is 16.8. The summed E-state index contributed by atoms with van der Waals surface area (Å²) in [4.78, 5) is 15.6. The van der Waals surface area contributed by atoms with Gasteiger partial charge in [-0.2, -0.15) is 0 Å². The van der Waals surface area contributed by atoms with E-state index >= 15 is 0 Å². The zero-order chi connectivity index (χ0) is 25.5. The molecule has 9 nitrogen and oxygen atoms in total. The van der Waals surface area contributed by atoms with Crippen LogP contribution in [0, 0.1) is 5.41 Å². The van der Waals surface area contributed by atoms with Gasteiger partial charge >= 0.3 is 5.90 Å². The minimum absolute atomic E-state index is 0.00482. The highest BCUT2D eigenvalue weighted by atomic mass is 35.5. The molecule has 2 aromatic carbocycles. The number of nitrogens with two attached hydrogens (primary N) is 1. The number of H-pyrrole nitrogens is 1. The van der Waals surface area contributed by atoms with E-state index in [4.69, 9.17) is 41.4 Å². The molecule has 0 saturated heterocycles. The second kappa shape index (κ2) is 11.5. The Morgan fingerprint density at radius 3 is 2.29 bits per heavy atom. The molecule has 0 aliphatic carbocycles. The van der Waals surface area contributed by atoms with E-state index in [-0.39, 0.29) is 30.2 Å². The van der Waals surface area contributed by atoms with Crippen LogP contribution in [0.25, 0.3) is 11.1 Å². The lowest BCUT2D eigenvalue weighted by Crippen LogP contribution is -2.44. The molecule has 1 heterocycles. The van der Waals surface area contributed by atoms with Crippen molar-refractivity contribution in [1.29, 1.82) is 5.41 Å². The molecular formula is C25H27ClN3O6+. The minimum Gasteiger partial charge on any atom is -0.506 e. The lowest BCUT2D eigenvalue weighted by atomic mass is 9.98. The van der Waals surface area contributed by atoms with Gasteiger partial charge in [-0.25, -0.2) is 5.41 Å². The van der Waals surface area contributed by atoms with Gasteiger partial charge in [0.1, 0.15) is 22.8 Å². The number of aromatic hydroxyl groups is 1. The van der Waals surface area contributed by atoms with Gasteiger partial charge in [0, 0.05) is 11.6 Å². The first-order valence-corrected chi connectivity index (χ1v) is 11.1. The molecule has 0 spiro atoms. The summed E-state index contributed by atoms with van der Waals surface area (Å²) in [6.45, 7) is 2.18. The van der Waals surface area contributed by atoms with Crippen LogP contribution in [0.3, 0.4) is 0 Å². The van der Waals surface area contributed by atoms with E-state index in [1.165, 1.54) is 14.2 Å². The summed E-state index contributed by atoms with van der Waals surface area (Å²) in [6.07, 6.45) is 0.174. The summed E-state index contributed by atoms with van der Waals surface area (Å²) in [7, 11) is 2.95. The standard InChI is InChI=1S/C25H26ClN3O6/c1-4-34-13-16-20(21-17(32-2)6-5-7-18(21)33-3)23(30)22(25(31)29-16)24(28)35-19(27)12-14-8-10-15(26)11-9-14/h5-11,27-28H,4,12-13H2,1-3H3,(H2,29,30,31)/p+1. The lowest BCUT2D eigenvalue weighted by Gasteiger charge is -2.19. The monoisotopic (exact) mass is 500 g/mol. The molecule has 3 rings (SSSR count). The van der Waals surface area contributed by atoms with Gasteiger partial charge in [-0.05, 0) is 36.8 Å². The summed E-state index contributed by atoms with van der Waals surface area (Å²) in [6, 6.07) is 12.0. The molecule has 0 aliphatic rings. The average Bonchev–Trinajstić information content (AvgIpc) is 2.83. The highest BCUT2D eigenvalue weighted by Crippen LogP contribution is 2.44. The van der Waals surface area contributed by atoms with Gasteiger partial charge in [0.2, 0.25) is 5.90 Å². The molecule has 0 unspecified atom stereocenters. The van der Waals surface area contributed by atoms with Crippen LogP contribution in [0.5, 0.6) is 17.2 Å². The van der Waals surface area contributed by atoms with Crippen LogP contribution < -0.4 is 20.4 Å². The Morgan fingerprint density at radius 2 is 1.71 bits per heavy atom. The maximum atomic E-state index is 12.9. The Bertz CT molecular complexity index is 1270. The van der Waals surface area contributed by atoms with Gasteiger partial charge in [-0.1, -0.05) is 29.8 Å². The van der Waals surface area contributed by atoms with Crippen LogP contribution in [0.15, 0.2) is 47.3 Å². The predicted octanol–water partition coefficient (Wildman–Crippen LogP) is 2.70. The average molecular weight is 501 g/mol. The van der Waals surface area contributed by atoms with Crippen LogP contribution in [-0.4, -0.2) is 42.7 Å². The minimum atomic E-state index is -0.737. The Balaban J connectivity index is 2.07. The van der Waals surface area contributed by atoms with Crippen LogP contribution in [-0.2, 0) is 22.5 Å². The van der Waals surface area contributed by atoms with Crippen molar-refractivity contribution >= 4 is 23.4 Å². The van der Waals surface area contributed by atoms with Crippen molar-refractivity contribution in [2.75, 3.05) is 20.8 Å². The highest BCUT2D eigenvalue weighted by Gasteiger charge is 2.28. The largest absolute Gasteiger partial charge is 0.506 e. The predicted molar refractivity (Wildman–Crippen MR) is 133 cm³/mol. The summed E-state index contributed by atoms with van der Waals surface area (Å²) in [5.74, 6) is -0.372. The number of halogens is 1. The molecule has 5 N–H and O–H groups in total. The molecule has 1 aromatic heterocycles. The Labute approximate surface area is 207 Å². The van der Waals surface area contributed by atoms with E-state index in [0.717, 1.165) is 5.56 Å². The third-order valence-corrected chi connectivity index (χ3v) is 5.40. The van der Waals surface area contributed by atoms with Crippen molar-refractivity contribution in [3.8, 4) is 28.4 Å². The number of hydrogen-bond donors (Lipinski definition) is 4. The van der Waals surface area contributed by atoms with Crippen LogP contribution in [0.1, 0.15) is 23.7 Å². The summed E-state index contributed by atoms with van der Waals surface area (Å²) in [5, 5.41) is 26.2. The fraction of sp³-hybridized carbons (Fsp3) is 0.240. The topological polar surface area (TPSA) is 139 Å². The van der Waals surface area contributed by atoms with Gasteiger partial charge < -0.3 is 29.0 Å². The van der Waals surface area contributed by atoms with Crippen molar-refractivity contribution in [2.24, 2.45) is 0 Å². The Kier molecular flexibility index (Phi) is 8.51. The number of ether oxygens (including phenoxy) is 4. The number of pyridine rings is 1. The quantitative estimate of drug-likeness (QED) is 0.263. The number of rotatable bonds is 9. The normalized spacial score (nSPS) is 10.6. The van der Waals surface area contributed by atoms with Crippen LogP contribution in [0.4, 0.5) is 0 Å². The van der Waals surface area contributed by atoms with Gasteiger partial charge in [0.25, 0.3) is 5.56 Å². The van der Waals surface area contributed by atoms with E-state index in [2.05, 4.69) is 4.98 Å². The zero-order valence-corrected chi connectivity index (χ0v) is 20.4. The van der Waals surface area contributed by atoms with Crippen molar-refractivity contribution in [1.82, 2.24) is 4.98 Å². The molecule has 0 radical (unpaired) electrons. The molecule has 10 heteroatoms. The van der Waals surface area contributed by atoms with Crippen molar-refractivity contribution < 1.29 is 29.5 Å². The third kappa shape index (κ3) is 5.82. The smallest absolute Gasteiger partial charge is 0.344 e. The fourth-order valence-electron chi connectivity index (χ4n) is 3.55.